The molecule has 1 heterocycles. The molecule has 1 fully saturated rings. The third kappa shape index (κ3) is 6.17. The van der Waals surface area contributed by atoms with Crippen LogP contribution in [0.4, 0.5) is 17.6 Å². The lowest BCUT2D eigenvalue weighted by molar-refractivity contribution is -0.138. The Morgan fingerprint density at radius 2 is 1.74 bits per heavy atom. The van der Waals surface area contributed by atoms with Gasteiger partial charge in [-0.2, -0.15) is 13.2 Å². The maximum Gasteiger partial charge on any atom is 0.390 e. The summed E-state index contributed by atoms with van der Waals surface area (Å²) in [6.45, 7) is 1.96. The molecule has 2 rings (SSSR count). The maximum absolute atomic E-state index is 12.9. The Labute approximate surface area is 132 Å². The highest BCUT2D eigenvalue weighted by Gasteiger charge is 2.28. The molecular formula is C16H20F4N2O. The highest BCUT2D eigenvalue weighted by Crippen LogP contribution is 2.20. The topological polar surface area (TPSA) is 23.6 Å². The first-order valence-corrected chi connectivity index (χ1v) is 7.65. The summed E-state index contributed by atoms with van der Waals surface area (Å²) >= 11 is 0. The Hall–Kier alpha value is -1.63. The lowest BCUT2D eigenvalue weighted by Crippen LogP contribution is -2.36. The van der Waals surface area contributed by atoms with Gasteiger partial charge < -0.3 is 9.80 Å². The van der Waals surface area contributed by atoms with Crippen molar-refractivity contribution in [3.8, 4) is 0 Å². The quantitative estimate of drug-likeness (QED) is 0.792. The minimum Gasteiger partial charge on any atom is -0.341 e. The number of rotatable bonds is 4. The highest BCUT2D eigenvalue weighted by molar-refractivity contribution is 5.78. The zero-order chi connectivity index (χ0) is 16.9. The van der Waals surface area contributed by atoms with Crippen molar-refractivity contribution in [2.45, 2.75) is 25.4 Å². The maximum atomic E-state index is 12.9. The van der Waals surface area contributed by atoms with Gasteiger partial charge in [-0.1, -0.05) is 12.1 Å². The van der Waals surface area contributed by atoms with Crippen molar-refractivity contribution in [2.75, 3.05) is 32.7 Å². The predicted molar refractivity (Wildman–Crippen MR) is 78.4 cm³/mol. The van der Waals surface area contributed by atoms with Gasteiger partial charge in [-0.25, -0.2) is 4.39 Å². The third-order valence-electron chi connectivity index (χ3n) is 3.92. The predicted octanol–water partition coefficient (Wildman–Crippen LogP) is 2.85. The van der Waals surface area contributed by atoms with E-state index in [9.17, 15) is 22.4 Å². The second-order valence-corrected chi connectivity index (χ2v) is 5.74. The summed E-state index contributed by atoms with van der Waals surface area (Å²) < 4.78 is 49.7. The average molecular weight is 332 g/mol. The Bertz CT molecular complexity index is 516. The molecule has 1 aliphatic rings. The summed E-state index contributed by atoms with van der Waals surface area (Å²) in [5, 5.41) is 0. The second kappa shape index (κ2) is 7.77. The van der Waals surface area contributed by atoms with Crippen molar-refractivity contribution < 1.29 is 22.4 Å². The molecule has 1 amide bonds. The summed E-state index contributed by atoms with van der Waals surface area (Å²) in [6, 6.07) is 5.76. The molecule has 1 saturated heterocycles. The summed E-state index contributed by atoms with van der Waals surface area (Å²) in [4.78, 5) is 15.7. The minimum atomic E-state index is -4.15. The lowest BCUT2D eigenvalue weighted by atomic mass is 10.1. The van der Waals surface area contributed by atoms with Crippen LogP contribution in [0.3, 0.4) is 0 Å². The Morgan fingerprint density at radius 3 is 2.39 bits per heavy atom. The van der Waals surface area contributed by atoms with Crippen LogP contribution in [0.15, 0.2) is 24.3 Å². The molecule has 0 spiro atoms. The highest BCUT2D eigenvalue weighted by atomic mass is 19.4. The Morgan fingerprint density at radius 1 is 1.04 bits per heavy atom. The standard InChI is InChI=1S/C16H20F4N2O/c17-14-4-2-13(3-5-14)12-15(23)22-8-1-7-21(10-11-22)9-6-16(18,19)20/h2-5H,1,6-12H2. The first-order valence-electron chi connectivity index (χ1n) is 7.65. The van der Waals surface area contributed by atoms with Crippen molar-refractivity contribution in [3.63, 3.8) is 0 Å². The van der Waals surface area contributed by atoms with Crippen molar-refractivity contribution in [3.05, 3.63) is 35.6 Å². The summed E-state index contributed by atoms with van der Waals surface area (Å²) in [5.74, 6) is -0.425. The van der Waals surface area contributed by atoms with Crippen molar-refractivity contribution in [1.29, 1.82) is 0 Å². The smallest absolute Gasteiger partial charge is 0.341 e. The van der Waals surface area contributed by atoms with Crippen molar-refractivity contribution >= 4 is 5.91 Å². The van der Waals surface area contributed by atoms with E-state index in [4.69, 9.17) is 0 Å². The van der Waals surface area contributed by atoms with Gasteiger partial charge in [0.15, 0.2) is 0 Å². The largest absolute Gasteiger partial charge is 0.390 e. The zero-order valence-corrected chi connectivity index (χ0v) is 12.8. The molecule has 0 N–H and O–H groups in total. The molecule has 7 heteroatoms. The van der Waals surface area contributed by atoms with Gasteiger partial charge in [0, 0.05) is 26.2 Å². The first-order chi connectivity index (χ1) is 10.8. The van der Waals surface area contributed by atoms with Crippen LogP contribution in [0.1, 0.15) is 18.4 Å². The fourth-order valence-electron chi connectivity index (χ4n) is 2.62. The summed E-state index contributed by atoms with van der Waals surface area (Å²) in [6.07, 6.45) is -4.13. The molecule has 0 radical (unpaired) electrons. The van der Waals surface area contributed by atoms with E-state index in [1.165, 1.54) is 12.1 Å². The van der Waals surface area contributed by atoms with Crippen LogP contribution >= 0.6 is 0 Å². The van der Waals surface area contributed by atoms with Crippen LogP contribution in [-0.2, 0) is 11.2 Å². The number of carbonyl (C=O) groups excluding carboxylic acids is 1. The second-order valence-electron chi connectivity index (χ2n) is 5.74. The van der Waals surface area contributed by atoms with Gasteiger partial charge in [-0.05, 0) is 30.7 Å². The molecule has 0 aliphatic carbocycles. The molecule has 3 nitrogen and oxygen atoms in total. The van der Waals surface area contributed by atoms with Gasteiger partial charge >= 0.3 is 6.18 Å². The Kier molecular flexibility index (Phi) is 5.98. The van der Waals surface area contributed by atoms with E-state index in [1.807, 2.05) is 0 Å². The van der Waals surface area contributed by atoms with E-state index in [-0.39, 0.29) is 24.7 Å². The van der Waals surface area contributed by atoms with Gasteiger partial charge in [0.2, 0.25) is 5.91 Å². The average Bonchev–Trinajstić information content (AvgIpc) is 2.72. The normalized spacial score (nSPS) is 17.1. The first kappa shape index (κ1) is 17.7. The zero-order valence-electron chi connectivity index (χ0n) is 12.8. The van der Waals surface area contributed by atoms with Crippen LogP contribution in [0.5, 0.6) is 0 Å². The number of halogens is 4. The molecule has 0 saturated carbocycles. The van der Waals surface area contributed by atoms with Crippen molar-refractivity contribution in [2.24, 2.45) is 0 Å². The molecule has 0 unspecified atom stereocenters. The minimum absolute atomic E-state index is 0.0243. The number of carbonyl (C=O) groups is 1. The van der Waals surface area contributed by atoms with Crippen molar-refractivity contribution in [1.82, 2.24) is 9.80 Å². The number of nitrogens with zero attached hydrogens (tertiary/aromatic N) is 2. The molecular weight excluding hydrogens is 312 g/mol. The molecule has 0 atom stereocenters. The number of amides is 1. The molecule has 0 bridgehead atoms. The van der Waals surface area contributed by atoms with Crippen LogP contribution in [-0.4, -0.2) is 54.6 Å². The number of hydrogen-bond acceptors (Lipinski definition) is 2. The van der Waals surface area contributed by atoms with E-state index < -0.39 is 12.6 Å². The lowest BCUT2D eigenvalue weighted by Gasteiger charge is -2.22. The summed E-state index contributed by atoms with van der Waals surface area (Å²) in [7, 11) is 0. The monoisotopic (exact) mass is 332 g/mol. The van der Waals surface area contributed by atoms with Gasteiger partial charge in [-0.3, -0.25) is 4.79 Å². The molecule has 23 heavy (non-hydrogen) atoms. The molecule has 0 aromatic heterocycles. The van der Waals surface area contributed by atoms with Gasteiger partial charge in [0.1, 0.15) is 5.82 Å². The van der Waals surface area contributed by atoms with Crippen LogP contribution in [0.2, 0.25) is 0 Å². The van der Waals surface area contributed by atoms with E-state index in [0.717, 1.165) is 5.56 Å². The fourth-order valence-corrected chi connectivity index (χ4v) is 2.62. The van der Waals surface area contributed by atoms with E-state index in [1.54, 1.807) is 21.9 Å². The van der Waals surface area contributed by atoms with E-state index >= 15 is 0 Å². The van der Waals surface area contributed by atoms with Crippen LogP contribution in [0, 0.1) is 5.82 Å². The molecule has 1 aliphatic heterocycles. The van der Waals surface area contributed by atoms with E-state index in [2.05, 4.69) is 0 Å². The van der Waals surface area contributed by atoms with Gasteiger partial charge in [-0.15, -0.1) is 0 Å². The van der Waals surface area contributed by atoms with Crippen LogP contribution in [0.25, 0.3) is 0 Å². The SMILES string of the molecule is O=C(Cc1ccc(F)cc1)N1CCCN(CCC(F)(F)F)CC1. The third-order valence-corrected chi connectivity index (χ3v) is 3.92. The van der Waals surface area contributed by atoms with E-state index in [0.29, 0.717) is 32.6 Å². The van der Waals surface area contributed by atoms with Gasteiger partial charge in [0.05, 0.1) is 12.8 Å². The Balaban J connectivity index is 1.82. The molecule has 1 aromatic carbocycles. The fraction of sp³-hybridized carbons (Fsp3) is 0.562. The van der Waals surface area contributed by atoms with Gasteiger partial charge in [0.25, 0.3) is 0 Å². The number of hydrogen-bond donors (Lipinski definition) is 0. The summed E-state index contributed by atoms with van der Waals surface area (Å²) in [5.41, 5.74) is 0.731. The van der Waals surface area contributed by atoms with Crippen LogP contribution < -0.4 is 0 Å². The molecule has 128 valence electrons. The number of benzene rings is 1. The number of alkyl halides is 3. The molecule has 1 aromatic rings.